The molecule has 4 fully saturated rings. The Morgan fingerprint density at radius 1 is 0.987 bits per heavy atom. The average Bonchev–Trinajstić information content (AvgIpc) is 4.33. The van der Waals surface area contributed by atoms with E-state index in [0.717, 1.165) is 70.1 Å². The van der Waals surface area contributed by atoms with Crippen LogP contribution in [0.3, 0.4) is 0 Å². The summed E-state index contributed by atoms with van der Waals surface area (Å²) in [6, 6.07) is 15.2. The van der Waals surface area contributed by atoms with Crippen molar-refractivity contribution in [3.8, 4) is 5.75 Å². The number of aromatic nitrogens is 5. The van der Waals surface area contributed by atoms with Gasteiger partial charge >= 0.3 is 6.09 Å². The molecule has 2 aromatic carbocycles. The molecule has 0 spiro atoms. The van der Waals surface area contributed by atoms with E-state index >= 15 is 0 Å². The van der Waals surface area contributed by atoms with Gasteiger partial charge in [-0.15, -0.1) is 11.3 Å². The summed E-state index contributed by atoms with van der Waals surface area (Å²) >= 11 is 1.36. The number of alkyl halides is 2. The van der Waals surface area contributed by atoms with Gasteiger partial charge in [0.05, 0.1) is 30.6 Å². The molecule has 77 heavy (non-hydrogen) atoms. The molecule has 5 aromatic rings. The van der Waals surface area contributed by atoms with E-state index in [-0.39, 0.29) is 54.1 Å². The van der Waals surface area contributed by atoms with Crippen molar-refractivity contribution in [3.63, 3.8) is 0 Å². The molecule has 2 saturated carbocycles. The Morgan fingerprint density at radius 2 is 1.75 bits per heavy atom. The zero-order chi connectivity index (χ0) is 54.4. The molecule has 17 nitrogen and oxygen atoms in total. The Labute approximate surface area is 451 Å². The number of aromatic amines is 1. The maximum atomic E-state index is 14.6. The van der Waals surface area contributed by atoms with Crippen LogP contribution in [-0.4, -0.2) is 133 Å². The van der Waals surface area contributed by atoms with E-state index in [9.17, 15) is 32.8 Å². The molecule has 5 aliphatic rings. The van der Waals surface area contributed by atoms with Crippen molar-refractivity contribution in [2.75, 3.05) is 45.2 Å². The fourth-order valence-corrected chi connectivity index (χ4v) is 12.9. The maximum absolute atomic E-state index is 14.6. The van der Waals surface area contributed by atoms with E-state index in [1.807, 2.05) is 40.0 Å². The van der Waals surface area contributed by atoms with Crippen molar-refractivity contribution in [1.82, 2.24) is 45.0 Å². The monoisotopic (exact) mass is 1080 g/mol. The molecule has 0 bridgehead atoms. The minimum absolute atomic E-state index is 0.0420. The molecule has 6 atom stereocenters. The standard InChI is InChI=1S/C57H70F2N10O7S/c1-34(66(6)54(74)76-55(2,3)4)50(71)63-46(35-16-9-7-10-17-35)53(73)68-24-14-22-44(68)52-62-43(33-77-52)49(70)37-20-13-21-40(26-37)75-25-15-23-67-30-38(31-67)48(36-18-11-8-12-19-36)69-32-39(29-60-69)61-51(72)47-41-27-45-56(5,57(45,58)59)28-42(41)64-65-47/h8,11-13,18-21,26,29,32-35,38,44-46,48H,7,9-10,14-17,22-25,27-28,30-31H2,1-6H3,(H,61,72)(H,63,71)(H,64,65)/t34-,44-,45-,46-,48+,56+/m0/s1. The highest BCUT2D eigenvalue weighted by atomic mass is 32.1. The van der Waals surface area contributed by atoms with Crippen molar-refractivity contribution >= 4 is 46.6 Å². The Kier molecular flexibility index (Phi) is 15.2. The number of rotatable bonds is 18. The first-order chi connectivity index (χ1) is 36.8. The van der Waals surface area contributed by atoms with Crippen LogP contribution in [0.25, 0.3) is 0 Å². The van der Waals surface area contributed by atoms with Gasteiger partial charge in [-0.25, -0.2) is 18.6 Å². The second-order valence-electron chi connectivity index (χ2n) is 23.0. The summed E-state index contributed by atoms with van der Waals surface area (Å²) in [6.45, 7) is 11.9. The molecule has 0 radical (unpaired) electrons. The number of ketones is 1. The zero-order valence-electron chi connectivity index (χ0n) is 44.7. The maximum Gasteiger partial charge on any atom is 0.410 e. The van der Waals surface area contributed by atoms with Gasteiger partial charge in [-0.05, 0) is 89.8 Å². The van der Waals surface area contributed by atoms with Crippen molar-refractivity contribution < 1.29 is 42.2 Å². The van der Waals surface area contributed by atoms with Gasteiger partial charge < -0.3 is 29.9 Å². The van der Waals surface area contributed by atoms with Crippen LogP contribution in [0.4, 0.5) is 19.3 Å². The van der Waals surface area contributed by atoms with Gasteiger partial charge in [0.1, 0.15) is 34.1 Å². The van der Waals surface area contributed by atoms with Crippen LogP contribution in [0.5, 0.6) is 5.75 Å². The molecular formula is C57H70F2N10O7S. The highest BCUT2D eigenvalue weighted by Crippen LogP contribution is 2.70. The van der Waals surface area contributed by atoms with Gasteiger partial charge in [-0.2, -0.15) is 10.2 Å². The fraction of sp³-hybridized carbons (Fsp3) is 0.544. The third-order valence-corrected chi connectivity index (χ3v) is 17.6. The number of carbonyl (C=O) groups is 5. The molecule has 0 unspecified atom stereocenters. The number of anilines is 1. The van der Waals surface area contributed by atoms with E-state index in [2.05, 4.69) is 43.0 Å². The number of fused-ring (bicyclic) bond motifs is 2. The van der Waals surface area contributed by atoms with Crippen molar-refractivity contribution in [3.05, 3.63) is 111 Å². The molecule has 4 amide bonds. The summed E-state index contributed by atoms with van der Waals surface area (Å²) in [5.74, 6) is -4.05. The van der Waals surface area contributed by atoms with E-state index in [1.165, 1.54) is 23.3 Å². The van der Waals surface area contributed by atoms with Crippen molar-refractivity contribution in [1.29, 1.82) is 0 Å². The van der Waals surface area contributed by atoms with E-state index in [4.69, 9.17) is 14.5 Å². The topological polar surface area (TPSA) is 197 Å². The Hall–Kier alpha value is -6.54. The second kappa shape index (κ2) is 21.7. The molecule has 3 N–H and O–H groups in total. The fourth-order valence-electron chi connectivity index (χ4n) is 12.0. The zero-order valence-corrected chi connectivity index (χ0v) is 45.5. The molecule has 2 aliphatic heterocycles. The number of halogens is 2. The molecule has 2 saturated heterocycles. The number of hydrogen-bond acceptors (Lipinski definition) is 12. The van der Waals surface area contributed by atoms with Crippen LogP contribution < -0.4 is 15.4 Å². The average molecular weight is 1080 g/mol. The summed E-state index contributed by atoms with van der Waals surface area (Å²) in [5, 5.41) is 20.1. The predicted octanol–water partition coefficient (Wildman–Crippen LogP) is 8.89. The second-order valence-corrected chi connectivity index (χ2v) is 23.9. The number of amides is 4. The van der Waals surface area contributed by atoms with Crippen LogP contribution in [0.2, 0.25) is 0 Å². The first-order valence-electron chi connectivity index (χ1n) is 27.2. The normalized spacial score (nSPS) is 22.4. The summed E-state index contributed by atoms with van der Waals surface area (Å²) in [5.41, 5.74) is 1.82. The van der Waals surface area contributed by atoms with Crippen molar-refractivity contribution in [2.45, 2.75) is 135 Å². The number of hydrogen-bond donors (Lipinski definition) is 3. The minimum atomic E-state index is -2.75. The lowest BCUT2D eigenvalue weighted by Crippen LogP contribution is -2.56. The number of nitrogens with one attached hydrogen (secondary N) is 3. The quantitative estimate of drug-likeness (QED) is 0.0560. The van der Waals surface area contributed by atoms with Crippen LogP contribution in [0.15, 0.2) is 72.4 Å². The molecule has 3 aromatic heterocycles. The first kappa shape index (κ1) is 53.8. The highest BCUT2D eigenvalue weighted by molar-refractivity contribution is 7.10. The lowest BCUT2D eigenvalue weighted by atomic mass is 9.83. The van der Waals surface area contributed by atoms with E-state index < -0.39 is 52.8 Å². The number of benzene rings is 2. The van der Waals surface area contributed by atoms with Crippen LogP contribution in [-0.2, 0) is 27.2 Å². The Balaban J connectivity index is 0.712. The first-order valence-corrected chi connectivity index (χ1v) is 28.0. The summed E-state index contributed by atoms with van der Waals surface area (Å²) < 4.78 is 42.7. The lowest BCUT2D eigenvalue weighted by Gasteiger charge is -2.43. The number of thiazole rings is 1. The smallest absolute Gasteiger partial charge is 0.410 e. The summed E-state index contributed by atoms with van der Waals surface area (Å²) in [7, 11) is 1.52. The van der Waals surface area contributed by atoms with Crippen LogP contribution in [0, 0.1) is 23.2 Å². The van der Waals surface area contributed by atoms with Gasteiger partial charge in [0.15, 0.2) is 5.69 Å². The number of H-pyrrole nitrogens is 1. The number of ether oxygens (including phenoxy) is 2. The van der Waals surface area contributed by atoms with Gasteiger partial charge in [0.25, 0.3) is 11.8 Å². The van der Waals surface area contributed by atoms with Crippen LogP contribution in [0.1, 0.15) is 146 Å². The lowest BCUT2D eigenvalue weighted by molar-refractivity contribution is -0.140. The molecule has 5 heterocycles. The van der Waals surface area contributed by atoms with Gasteiger partial charge in [0.2, 0.25) is 17.6 Å². The number of nitrogens with zero attached hydrogens (tertiary/aromatic N) is 7. The Morgan fingerprint density at radius 3 is 2.51 bits per heavy atom. The molecule has 410 valence electrons. The summed E-state index contributed by atoms with van der Waals surface area (Å²) in [4.78, 5) is 78.7. The number of likely N-dealkylation sites (tertiary alicyclic amines) is 2. The van der Waals surface area contributed by atoms with Crippen molar-refractivity contribution in [2.24, 2.45) is 23.2 Å². The van der Waals surface area contributed by atoms with E-state index in [0.29, 0.717) is 58.5 Å². The molecular weight excluding hydrogens is 1010 g/mol. The third kappa shape index (κ3) is 11.1. The van der Waals surface area contributed by atoms with Gasteiger partial charge in [0, 0.05) is 85.3 Å². The number of carbonyl (C=O) groups excluding carboxylic acids is 5. The third-order valence-electron chi connectivity index (χ3n) is 16.6. The largest absolute Gasteiger partial charge is 0.494 e. The molecule has 10 rings (SSSR count). The van der Waals surface area contributed by atoms with Gasteiger partial charge in [-0.3, -0.25) is 33.9 Å². The van der Waals surface area contributed by atoms with E-state index in [1.54, 1.807) is 64.4 Å². The molecule has 3 aliphatic carbocycles. The number of likely N-dealkylation sites (N-methyl/N-ethyl adjacent to an activating group) is 1. The van der Waals surface area contributed by atoms with Crippen LogP contribution >= 0.6 is 11.3 Å². The summed E-state index contributed by atoms with van der Waals surface area (Å²) in [6.07, 6.45) is 9.93. The Bertz CT molecular complexity index is 2980. The molecule has 20 heteroatoms. The minimum Gasteiger partial charge on any atom is -0.494 e. The predicted molar refractivity (Wildman–Crippen MR) is 285 cm³/mol. The SMILES string of the molecule is C[C@@H](C(=O)N[C@H](C(=O)N1CCC[C@H]1c1nc(C(=O)c2cccc(OCCCN3CC([C@@H](c4ccccc4)n4cc(NC(=O)c5n[nH]c6c5C[C@@H]5C(F)(F)[C@]5(C)C6)cn4)C3)c2)cs1)C1CCCCC1)N(C)C(=O)OC(C)(C)C. The highest BCUT2D eigenvalue weighted by Gasteiger charge is 2.78. The van der Waals surface area contributed by atoms with Gasteiger partial charge in [-0.1, -0.05) is 68.7 Å².